The third-order valence-corrected chi connectivity index (χ3v) is 3.55. The van der Waals surface area contributed by atoms with Gasteiger partial charge in [0.25, 0.3) is 0 Å². The Morgan fingerprint density at radius 2 is 1.90 bits per heavy atom. The molecule has 0 aliphatic carbocycles. The first kappa shape index (κ1) is 17.5. The summed E-state index contributed by atoms with van der Waals surface area (Å²) in [6, 6.07) is 8.03. The smallest absolute Gasteiger partial charge is 0.228 e. The van der Waals surface area contributed by atoms with Crippen LogP contribution in [0.4, 0.5) is 5.69 Å². The number of hydrogen-bond donors (Lipinski definition) is 1. The molecule has 0 radical (unpaired) electrons. The molecule has 116 valence electrons. The highest BCUT2D eigenvalue weighted by molar-refractivity contribution is 5.92. The summed E-state index contributed by atoms with van der Waals surface area (Å²) < 4.78 is 0. The van der Waals surface area contributed by atoms with Crippen molar-refractivity contribution in [1.82, 2.24) is 0 Å². The van der Waals surface area contributed by atoms with Crippen LogP contribution < -0.4 is 5.32 Å². The third kappa shape index (κ3) is 7.12. The molecule has 1 amide bonds. The van der Waals surface area contributed by atoms with Crippen LogP contribution in [0, 0.1) is 0 Å². The summed E-state index contributed by atoms with van der Waals surface area (Å²) in [5.41, 5.74) is 2.13. The molecule has 0 atom stereocenters. The number of carbonyl (C=O) groups is 1. The molecule has 0 unspecified atom stereocenters. The summed E-state index contributed by atoms with van der Waals surface area (Å²) >= 11 is 0. The molecule has 0 saturated heterocycles. The van der Waals surface area contributed by atoms with Crippen molar-refractivity contribution in [3.8, 4) is 0 Å². The number of benzene rings is 1. The Bertz CT molecular complexity index is 449. The second-order valence-corrected chi connectivity index (χ2v) is 5.81. The Morgan fingerprint density at radius 3 is 2.62 bits per heavy atom. The van der Waals surface area contributed by atoms with Crippen LogP contribution in [0.15, 0.2) is 36.4 Å². The van der Waals surface area contributed by atoms with Crippen LogP contribution in [0.25, 0.3) is 0 Å². The number of unbranched alkanes of at least 4 members (excludes halogenated alkanes) is 4. The fraction of sp³-hybridized carbons (Fsp3) is 0.526. The SMILES string of the molecule is CCCCCC/C=C/CC(=O)Nc1ccccc1C(C)C. The van der Waals surface area contributed by atoms with E-state index in [0.29, 0.717) is 12.3 Å². The average Bonchev–Trinajstić information content (AvgIpc) is 2.46. The minimum absolute atomic E-state index is 0.0629. The molecule has 1 aromatic carbocycles. The van der Waals surface area contributed by atoms with Gasteiger partial charge >= 0.3 is 0 Å². The summed E-state index contributed by atoms with van der Waals surface area (Å²) in [4.78, 5) is 12.0. The lowest BCUT2D eigenvalue weighted by atomic mass is 10.0. The van der Waals surface area contributed by atoms with Gasteiger partial charge in [-0.25, -0.2) is 0 Å². The maximum absolute atomic E-state index is 12.0. The number of hydrogen-bond acceptors (Lipinski definition) is 1. The Morgan fingerprint density at radius 1 is 1.14 bits per heavy atom. The molecule has 0 aromatic heterocycles. The van der Waals surface area contributed by atoms with Gasteiger partial charge in [0, 0.05) is 12.1 Å². The lowest BCUT2D eigenvalue weighted by Gasteiger charge is -2.13. The largest absolute Gasteiger partial charge is 0.326 e. The van der Waals surface area contributed by atoms with E-state index in [2.05, 4.69) is 38.2 Å². The molecule has 1 aromatic rings. The fourth-order valence-corrected chi connectivity index (χ4v) is 2.31. The Labute approximate surface area is 129 Å². The van der Waals surface area contributed by atoms with Crippen LogP contribution in [0.5, 0.6) is 0 Å². The Hall–Kier alpha value is -1.57. The zero-order valence-electron chi connectivity index (χ0n) is 13.7. The van der Waals surface area contributed by atoms with E-state index in [1.807, 2.05) is 24.3 Å². The molecular formula is C19H29NO. The molecule has 0 heterocycles. The van der Waals surface area contributed by atoms with Crippen molar-refractivity contribution in [2.45, 2.75) is 65.2 Å². The predicted molar refractivity (Wildman–Crippen MR) is 91.7 cm³/mol. The highest BCUT2D eigenvalue weighted by atomic mass is 16.1. The van der Waals surface area contributed by atoms with Crippen molar-refractivity contribution in [2.75, 3.05) is 5.32 Å². The lowest BCUT2D eigenvalue weighted by Crippen LogP contribution is -2.12. The molecule has 2 heteroatoms. The van der Waals surface area contributed by atoms with Crippen molar-refractivity contribution in [3.05, 3.63) is 42.0 Å². The van der Waals surface area contributed by atoms with Crippen LogP contribution in [0.1, 0.15) is 70.8 Å². The van der Waals surface area contributed by atoms with Crippen LogP contribution in [0.3, 0.4) is 0 Å². The first-order valence-electron chi connectivity index (χ1n) is 8.19. The van der Waals surface area contributed by atoms with Gasteiger partial charge in [0.05, 0.1) is 0 Å². The molecule has 0 saturated carbocycles. The number of carbonyl (C=O) groups excluding carboxylic acids is 1. The predicted octanol–water partition coefficient (Wildman–Crippen LogP) is 5.67. The fourth-order valence-electron chi connectivity index (χ4n) is 2.31. The van der Waals surface area contributed by atoms with Gasteiger partial charge in [-0.2, -0.15) is 0 Å². The molecule has 0 fully saturated rings. The van der Waals surface area contributed by atoms with Crippen LogP contribution in [-0.4, -0.2) is 5.91 Å². The number of allylic oxidation sites excluding steroid dienone is 1. The van der Waals surface area contributed by atoms with E-state index < -0.39 is 0 Å². The molecule has 1 rings (SSSR count). The van der Waals surface area contributed by atoms with E-state index in [-0.39, 0.29) is 5.91 Å². The summed E-state index contributed by atoms with van der Waals surface area (Å²) in [6.07, 6.45) is 10.7. The van der Waals surface area contributed by atoms with E-state index in [9.17, 15) is 4.79 Å². The summed E-state index contributed by atoms with van der Waals surface area (Å²) in [5.74, 6) is 0.475. The molecule has 0 spiro atoms. The maximum Gasteiger partial charge on any atom is 0.228 e. The number of anilines is 1. The van der Waals surface area contributed by atoms with Gasteiger partial charge in [-0.1, -0.05) is 70.4 Å². The number of amides is 1. The van der Waals surface area contributed by atoms with Crippen LogP contribution in [-0.2, 0) is 4.79 Å². The van der Waals surface area contributed by atoms with Crippen molar-refractivity contribution in [2.24, 2.45) is 0 Å². The lowest BCUT2D eigenvalue weighted by molar-refractivity contribution is -0.115. The average molecular weight is 287 g/mol. The van der Waals surface area contributed by atoms with Crippen molar-refractivity contribution >= 4 is 11.6 Å². The van der Waals surface area contributed by atoms with E-state index >= 15 is 0 Å². The summed E-state index contributed by atoms with van der Waals surface area (Å²) in [7, 11) is 0. The third-order valence-electron chi connectivity index (χ3n) is 3.55. The van der Waals surface area contributed by atoms with Gasteiger partial charge in [-0.3, -0.25) is 4.79 Å². The Kier molecular flexibility index (Phi) is 8.49. The van der Waals surface area contributed by atoms with Crippen molar-refractivity contribution in [3.63, 3.8) is 0 Å². The topological polar surface area (TPSA) is 29.1 Å². The van der Waals surface area contributed by atoms with E-state index in [1.54, 1.807) is 0 Å². The van der Waals surface area contributed by atoms with Gasteiger partial charge in [0.15, 0.2) is 0 Å². The second kappa shape index (κ2) is 10.2. The highest BCUT2D eigenvalue weighted by Crippen LogP contribution is 2.23. The minimum atomic E-state index is 0.0629. The first-order valence-corrected chi connectivity index (χ1v) is 8.19. The minimum Gasteiger partial charge on any atom is -0.326 e. The molecule has 0 aliphatic heterocycles. The number of rotatable bonds is 9. The van der Waals surface area contributed by atoms with Crippen LogP contribution >= 0.6 is 0 Å². The number of nitrogens with one attached hydrogen (secondary N) is 1. The van der Waals surface area contributed by atoms with Gasteiger partial charge in [0.2, 0.25) is 5.91 Å². The van der Waals surface area contributed by atoms with Crippen LogP contribution in [0.2, 0.25) is 0 Å². The zero-order valence-corrected chi connectivity index (χ0v) is 13.7. The highest BCUT2D eigenvalue weighted by Gasteiger charge is 2.07. The standard InChI is InChI=1S/C19H29NO/c1-4-5-6-7-8-9-10-15-19(21)20-18-14-12-11-13-17(18)16(2)3/h9-14,16H,4-8,15H2,1-3H3,(H,20,21)/b10-9+. The maximum atomic E-state index is 12.0. The molecule has 21 heavy (non-hydrogen) atoms. The van der Waals surface area contributed by atoms with Gasteiger partial charge in [0.1, 0.15) is 0 Å². The molecule has 0 aliphatic rings. The van der Waals surface area contributed by atoms with Crippen molar-refractivity contribution in [1.29, 1.82) is 0 Å². The molecular weight excluding hydrogens is 258 g/mol. The van der Waals surface area contributed by atoms with Gasteiger partial charge < -0.3 is 5.32 Å². The van der Waals surface area contributed by atoms with Gasteiger partial charge in [-0.15, -0.1) is 0 Å². The molecule has 1 N–H and O–H groups in total. The van der Waals surface area contributed by atoms with Crippen molar-refractivity contribution < 1.29 is 4.79 Å². The van der Waals surface area contributed by atoms with E-state index in [4.69, 9.17) is 0 Å². The van der Waals surface area contributed by atoms with E-state index in [0.717, 1.165) is 12.1 Å². The molecule has 2 nitrogen and oxygen atoms in total. The first-order chi connectivity index (χ1) is 10.1. The monoisotopic (exact) mass is 287 g/mol. The Balaban J connectivity index is 2.35. The summed E-state index contributed by atoms with van der Waals surface area (Å²) in [6.45, 7) is 6.50. The number of para-hydroxylation sites is 1. The van der Waals surface area contributed by atoms with Gasteiger partial charge in [-0.05, 0) is 30.4 Å². The summed E-state index contributed by atoms with van der Waals surface area (Å²) in [5, 5.41) is 3.01. The second-order valence-electron chi connectivity index (χ2n) is 5.81. The van der Waals surface area contributed by atoms with E-state index in [1.165, 1.54) is 31.2 Å². The molecule has 0 bridgehead atoms. The quantitative estimate of drug-likeness (QED) is 0.460. The normalized spacial score (nSPS) is 11.2. The zero-order chi connectivity index (χ0) is 15.5.